The second-order valence-corrected chi connectivity index (χ2v) is 9.43. The molecule has 2 aliphatic carbocycles. The summed E-state index contributed by atoms with van der Waals surface area (Å²) in [6.45, 7) is 4.35. The van der Waals surface area contributed by atoms with Gasteiger partial charge in [0.05, 0.1) is 11.3 Å². The van der Waals surface area contributed by atoms with Crippen molar-refractivity contribution in [2.75, 3.05) is 0 Å². The predicted molar refractivity (Wildman–Crippen MR) is 153 cm³/mol. The van der Waals surface area contributed by atoms with Gasteiger partial charge in [0.15, 0.2) is 0 Å². The molecule has 0 radical (unpaired) electrons. The monoisotopic (exact) mass is 468 g/mol. The molecule has 0 heterocycles. The SMILES string of the molecule is CC(=NC1=CC=CC1)C(C(C)=NC1=CC=CC1)C(c1ccccc1)(c1ccccc1)c1ccccc1. The fourth-order valence-corrected chi connectivity index (χ4v) is 5.65. The summed E-state index contributed by atoms with van der Waals surface area (Å²) in [7, 11) is 0. The van der Waals surface area contributed by atoms with Crippen LogP contribution in [-0.4, -0.2) is 11.4 Å². The molecular weight excluding hydrogens is 436 g/mol. The minimum absolute atomic E-state index is 0.0901. The van der Waals surface area contributed by atoms with E-state index in [1.807, 2.05) is 0 Å². The van der Waals surface area contributed by atoms with Crippen LogP contribution in [0.25, 0.3) is 0 Å². The van der Waals surface area contributed by atoms with Crippen molar-refractivity contribution in [2.24, 2.45) is 15.9 Å². The lowest BCUT2D eigenvalue weighted by Gasteiger charge is -2.43. The maximum Gasteiger partial charge on any atom is 0.0583 e. The fraction of sp³-hybridized carbons (Fsp3) is 0.176. The van der Waals surface area contributed by atoms with Gasteiger partial charge in [0.1, 0.15) is 0 Å². The van der Waals surface area contributed by atoms with Crippen LogP contribution in [0.4, 0.5) is 0 Å². The molecule has 178 valence electrons. The molecule has 2 heteroatoms. The van der Waals surface area contributed by atoms with Crippen LogP contribution in [0.3, 0.4) is 0 Å². The van der Waals surface area contributed by atoms with E-state index in [0.717, 1.165) is 35.7 Å². The van der Waals surface area contributed by atoms with Gasteiger partial charge in [-0.1, -0.05) is 115 Å². The number of nitrogens with zero attached hydrogens (tertiary/aromatic N) is 2. The summed E-state index contributed by atoms with van der Waals surface area (Å²) in [6.07, 6.45) is 14.5. The topological polar surface area (TPSA) is 24.7 Å². The number of hydrogen-bond donors (Lipinski definition) is 0. The van der Waals surface area contributed by atoms with Gasteiger partial charge in [-0.05, 0) is 42.7 Å². The number of allylic oxidation sites excluding steroid dienone is 6. The van der Waals surface area contributed by atoms with Gasteiger partial charge in [-0.25, -0.2) is 0 Å². The van der Waals surface area contributed by atoms with Gasteiger partial charge in [0.2, 0.25) is 0 Å². The Bertz CT molecular complexity index is 1230. The number of rotatable bonds is 8. The Balaban J connectivity index is 1.84. The third-order valence-electron chi connectivity index (χ3n) is 7.10. The molecule has 0 bridgehead atoms. The van der Waals surface area contributed by atoms with Crippen LogP contribution < -0.4 is 0 Å². The predicted octanol–water partition coefficient (Wildman–Crippen LogP) is 8.25. The fourth-order valence-electron chi connectivity index (χ4n) is 5.65. The standard InChI is InChI=1S/C34H32N2/c1-26(35-31-22-12-13-23-31)33(27(2)36-32-24-14-15-25-32)34(28-16-6-3-7-17-28,29-18-8-4-9-19-29)30-20-10-5-11-21-30/h3-22,24,33H,23,25H2,1-2H3. The van der Waals surface area contributed by atoms with Crippen molar-refractivity contribution < 1.29 is 0 Å². The molecule has 3 aromatic rings. The molecule has 0 fully saturated rings. The lowest BCUT2D eigenvalue weighted by atomic mass is 9.59. The molecular formula is C34H32N2. The van der Waals surface area contributed by atoms with Crippen LogP contribution in [0.15, 0.2) is 149 Å². The Morgan fingerprint density at radius 2 is 0.944 bits per heavy atom. The molecule has 0 N–H and O–H groups in total. The second-order valence-electron chi connectivity index (χ2n) is 9.43. The van der Waals surface area contributed by atoms with Crippen molar-refractivity contribution in [3.05, 3.63) is 156 Å². The molecule has 0 amide bonds. The first-order valence-electron chi connectivity index (χ1n) is 12.7. The highest BCUT2D eigenvalue weighted by molar-refractivity contribution is 6.09. The zero-order chi connectivity index (χ0) is 24.8. The van der Waals surface area contributed by atoms with Crippen molar-refractivity contribution >= 4 is 11.4 Å². The molecule has 2 nitrogen and oxygen atoms in total. The Morgan fingerprint density at radius 1 is 0.583 bits per heavy atom. The van der Waals surface area contributed by atoms with Crippen molar-refractivity contribution in [1.82, 2.24) is 0 Å². The van der Waals surface area contributed by atoms with Gasteiger partial charge in [-0.15, -0.1) is 0 Å². The maximum atomic E-state index is 5.21. The normalized spacial score (nSPS) is 16.7. The number of aliphatic imine (C=N–C) groups is 2. The van der Waals surface area contributed by atoms with E-state index in [-0.39, 0.29) is 5.92 Å². The van der Waals surface area contributed by atoms with Gasteiger partial charge >= 0.3 is 0 Å². The van der Waals surface area contributed by atoms with Crippen LogP contribution in [0.5, 0.6) is 0 Å². The van der Waals surface area contributed by atoms with E-state index in [1.165, 1.54) is 16.7 Å². The van der Waals surface area contributed by atoms with E-state index in [2.05, 4.69) is 141 Å². The minimum Gasteiger partial charge on any atom is -0.261 e. The van der Waals surface area contributed by atoms with Crippen LogP contribution in [0, 0.1) is 5.92 Å². The van der Waals surface area contributed by atoms with Crippen LogP contribution in [0.1, 0.15) is 43.4 Å². The summed E-state index contributed by atoms with van der Waals surface area (Å²) >= 11 is 0. The molecule has 0 atom stereocenters. The average Bonchev–Trinajstić information content (AvgIpc) is 3.63. The number of benzene rings is 3. The molecule has 0 aliphatic heterocycles. The maximum absolute atomic E-state index is 5.21. The third-order valence-corrected chi connectivity index (χ3v) is 7.10. The highest BCUT2D eigenvalue weighted by atomic mass is 14.8. The van der Waals surface area contributed by atoms with E-state index >= 15 is 0 Å². The Labute approximate surface area is 214 Å². The summed E-state index contributed by atoms with van der Waals surface area (Å²) in [5, 5.41) is 0. The molecule has 36 heavy (non-hydrogen) atoms. The summed E-state index contributed by atoms with van der Waals surface area (Å²) in [5.41, 5.74) is 7.49. The number of hydrogen-bond acceptors (Lipinski definition) is 2. The first-order chi connectivity index (χ1) is 17.7. The Hall–Kier alpha value is -4.04. The van der Waals surface area contributed by atoms with Gasteiger partial charge < -0.3 is 0 Å². The molecule has 2 aliphatic rings. The van der Waals surface area contributed by atoms with E-state index in [0.29, 0.717) is 0 Å². The van der Waals surface area contributed by atoms with E-state index < -0.39 is 5.41 Å². The smallest absolute Gasteiger partial charge is 0.0583 e. The van der Waals surface area contributed by atoms with Gasteiger partial charge in [0, 0.05) is 35.7 Å². The van der Waals surface area contributed by atoms with Gasteiger partial charge in [-0.2, -0.15) is 0 Å². The summed E-state index contributed by atoms with van der Waals surface area (Å²) < 4.78 is 0. The van der Waals surface area contributed by atoms with Crippen molar-refractivity contribution in [2.45, 2.75) is 32.1 Å². The van der Waals surface area contributed by atoms with Crippen LogP contribution in [-0.2, 0) is 5.41 Å². The highest BCUT2D eigenvalue weighted by Gasteiger charge is 2.46. The van der Waals surface area contributed by atoms with E-state index in [1.54, 1.807) is 0 Å². The van der Waals surface area contributed by atoms with Gasteiger partial charge in [0.25, 0.3) is 0 Å². The average molecular weight is 469 g/mol. The van der Waals surface area contributed by atoms with Crippen molar-refractivity contribution in [3.63, 3.8) is 0 Å². The van der Waals surface area contributed by atoms with E-state index in [4.69, 9.17) is 9.98 Å². The Kier molecular flexibility index (Phi) is 7.04. The summed E-state index contributed by atoms with van der Waals surface area (Å²) in [6, 6.07) is 32.6. The quantitative estimate of drug-likeness (QED) is 0.235. The molecule has 5 rings (SSSR count). The van der Waals surface area contributed by atoms with Crippen LogP contribution in [0.2, 0.25) is 0 Å². The molecule has 0 saturated carbocycles. The molecule has 0 spiro atoms. The summed E-state index contributed by atoms with van der Waals surface area (Å²) in [5.74, 6) is -0.0901. The first kappa shape index (κ1) is 23.7. The highest BCUT2D eigenvalue weighted by Crippen LogP contribution is 2.47. The first-order valence-corrected chi connectivity index (χ1v) is 12.7. The lowest BCUT2D eigenvalue weighted by molar-refractivity contribution is 0.567. The second kappa shape index (κ2) is 10.7. The Morgan fingerprint density at radius 3 is 1.25 bits per heavy atom. The molecule has 0 unspecified atom stereocenters. The third kappa shape index (κ3) is 4.59. The summed E-state index contributed by atoms with van der Waals surface area (Å²) in [4.78, 5) is 10.4. The van der Waals surface area contributed by atoms with E-state index in [9.17, 15) is 0 Å². The molecule has 3 aromatic carbocycles. The van der Waals surface area contributed by atoms with Crippen molar-refractivity contribution in [1.29, 1.82) is 0 Å². The zero-order valence-electron chi connectivity index (χ0n) is 21.0. The lowest BCUT2D eigenvalue weighted by Crippen LogP contribution is -2.45. The largest absolute Gasteiger partial charge is 0.261 e. The van der Waals surface area contributed by atoms with Gasteiger partial charge in [-0.3, -0.25) is 9.98 Å². The zero-order valence-corrected chi connectivity index (χ0v) is 21.0. The molecule has 0 aromatic heterocycles. The molecule has 0 saturated heterocycles. The minimum atomic E-state index is -0.510. The van der Waals surface area contributed by atoms with Crippen molar-refractivity contribution in [3.8, 4) is 0 Å². The van der Waals surface area contributed by atoms with Crippen LogP contribution >= 0.6 is 0 Å².